The van der Waals surface area contributed by atoms with Crippen molar-refractivity contribution in [2.75, 3.05) is 73.6 Å². The van der Waals surface area contributed by atoms with Gasteiger partial charge in [0.15, 0.2) is 0 Å². The summed E-state index contributed by atoms with van der Waals surface area (Å²) in [5, 5.41) is 11.9. The van der Waals surface area contributed by atoms with Crippen LogP contribution in [0.3, 0.4) is 0 Å². The van der Waals surface area contributed by atoms with Gasteiger partial charge in [0.25, 0.3) is 17.7 Å². The molecule has 0 saturated carbocycles. The van der Waals surface area contributed by atoms with Crippen molar-refractivity contribution in [1.29, 1.82) is 5.26 Å². The zero-order valence-electron chi connectivity index (χ0n) is 32.1. The second-order valence-corrected chi connectivity index (χ2v) is 16.9. The Bertz CT molecular complexity index is 2260. The number of benzene rings is 2. The number of anilines is 3. The smallest absolute Gasteiger partial charge is 0.262 e. The summed E-state index contributed by atoms with van der Waals surface area (Å²) in [6.07, 6.45) is 4.89. The summed E-state index contributed by atoms with van der Waals surface area (Å²) in [4.78, 5) is 80.1. The third-order valence-corrected chi connectivity index (χ3v) is 13.5. The van der Waals surface area contributed by atoms with E-state index in [1.807, 2.05) is 34.1 Å². The summed E-state index contributed by atoms with van der Waals surface area (Å²) in [6, 6.07) is 13.5. The predicted octanol–water partition coefficient (Wildman–Crippen LogP) is 3.68. The SMILES string of the molecule is C[C@H]1CC2(CCN(c3ccc(C(=O)N4CC(N5CCN(c6cc7c(cc6F)C(=O)N(C6CCC(=O)NC6=O)C7=O)CC5)C4)cn3)CC2)CN1c1ccc(C#N)c(Cl)c1. The van der Waals surface area contributed by atoms with Gasteiger partial charge in [-0.05, 0) is 80.5 Å². The molecule has 16 heteroatoms. The van der Waals surface area contributed by atoms with Gasteiger partial charge in [0.05, 0.1) is 33.0 Å². The van der Waals surface area contributed by atoms with Crippen molar-refractivity contribution in [2.24, 2.45) is 5.41 Å². The zero-order chi connectivity index (χ0) is 40.5. The predicted molar refractivity (Wildman–Crippen MR) is 212 cm³/mol. The van der Waals surface area contributed by atoms with Crippen LogP contribution in [0.25, 0.3) is 0 Å². The van der Waals surface area contributed by atoms with Gasteiger partial charge >= 0.3 is 0 Å². The number of aromatic nitrogens is 1. The number of hydrogen-bond acceptors (Lipinski definition) is 11. The summed E-state index contributed by atoms with van der Waals surface area (Å²) in [5.41, 5.74) is 2.49. The van der Waals surface area contributed by atoms with Gasteiger partial charge in [-0.1, -0.05) is 11.6 Å². The molecule has 2 aromatic carbocycles. The topological polar surface area (TPSA) is 154 Å². The van der Waals surface area contributed by atoms with Gasteiger partial charge in [0, 0.05) is 89.3 Å². The number of likely N-dealkylation sites (tertiary alicyclic amines) is 1. The lowest BCUT2D eigenvalue weighted by atomic mass is 9.77. The van der Waals surface area contributed by atoms with Crippen molar-refractivity contribution in [3.05, 3.63) is 81.8 Å². The van der Waals surface area contributed by atoms with Crippen LogP contribution in [-0.4, -0.2) is 126 Å². The molecule has 6 aliphatic heterocycles. The summed E-state index contributed by atoms with van der Waals surface area (Å²) >= 11 is 6.36. The first-order valence-corrected chi connectivity index (χ1v) is 20.3. The number of halogens is 2. The lowest BCUT2D eigenvalue weighted by molar-refractivity contribution is -0.136. The number of piperidine rings is 2. The molecule has 14 nitrogen and oxygen atoms in total. The lowest BCUT2D eigenvalue weighted by Crippen LogP contribution is -2.64. The summed E-state index contributed by atoms with van der Waals surface area (Å²) in [7, 11) is 0. The van der Waals surface area contributed by atoms with Gasteiger partial charge in [-0.3, -0.25) is 39.1 Å². The van der Waals surface area contributed by atoms with Crippen LogP contribution in [0.2, 0.25) is 5.02 Å². The third kappa shape index (κ3) is 6.61. The molecule has 5 amide bonds. The quantitative estimate of drug-likeness (QED) is 0.363. The average Bonchev–Trinajstić information content (AvgIpc) is 3.65. The molecule has 2 atom stereocenters. The van der Waals surface area contributed by atoms with Gasteiger partial charge in [0.1, 0.15) is 23.7 Å². The first-order valence-electron chi connectivity index (χ1n) is 19.9. The molecule has 0 radical (unpaired) electrons. The minimum Gasteiger partial charge on any atom is -0.368 e. The number of nitrogens with one attached hydrogen (secondary N) is 1. The number of pyridine rings is 1. The van der Waals surface area contributed by atoms with E-state index in [0.717, 1.165) is 61.4 Å². The van der Waals surface area contributed by atoms with Crippen molar-refractivity contribution < 1.29 is 28.4 Å². The summed E-state index contributed by atoms with van der Waals surface area (Å²) in [6.45, 7) is 8.38. The first kappa shape index (κ1) is 38.0. The van der Waals surface area contributed by atoms with Gasteiger partial charge in [-0.15, -0.1) is 0 Å². The molecule has 0 aliphatic carbocycles. The molecule has 0 bridgehead atoms. The molecule has 1 spiro atoms. The number of fused-ring (bicyclic) bond motifs is 1. The maximum atomic E-state index is 15.4. The molecule has 9 rings (SSSR count). The second kappa shape index (κ2) is 14.7. The van der Waals surface area contributed by atoms with Gasteiger partial charge in [-0.25, -0.2) is 9.37 Å². The van der Waals surface area contributed by atoms with E-state index in [4.69, 9.17) is 16.6 Å². The fourth-order valence-electron chi connectivity index (χ4n) is 9.79. The molecule has 5 fully saturated rings. The van der Waals surface area contributed by atoms with Crippen molar-refractivity contribution >= 4 is 58.3 Å². The van der Waals surface area contributed by atoms with Crippen LogP contribution in [0, 0.1) is 22.6 Å². The number of hydrogen-bond donors (Lipinski definition) is 1. The highest BCUT2D eigenvalue weighted by Gasteiger charge is 2.47. The fraction of sp³-hybridized carbons (Fsp3) is 0.452. The number of carbonyl (C=O) groups excluding carboxylic acids is 5. The van der Waals surface area contributed by atoms with E-state index < -0.39 is 35.5 Å². The van der Waals surface area contributed by atoms with Gasteiger partial charge in [0.2, 0.25) is 11.8 Å². The number of nitriles is 1. The molecule has 1 aromatic heterocycles. The average molecular weight is 808 g/mol. The minimum atomic E-state index is -1.11. The number of carbonyl (C=O) groups is 5. The van der Waals surface area contributed by atoms with Crippen LogP contribution in [0.4, 0.5) is 21.6 Å². The highest BCUT2D eigenvalue weighted by atomic mass is 35.5. The number of piperazine rings is 1. The molecular weight excluding hydrogens is 765 g/mol. The summed E-state index contributed by atoms with van der Waals surface area (Å²) < 4.78 is 15.4. The fourth-order valence-corrected chi connectivity index (χ4v) is 10.0. The van der Waals surface area contributed by atoms with E-state index in [1.165, 1.54) is 6.07 Å². The second-order valence-electron chi connectivity index (χ2n) is 16.5. The normalized spacial score (nSPS) is 23.7. The monoisotopic (exact) mass is 807 g/mol. The van der Waals surface area contributed by atoms with E-state index in [0.29, 0.717) is 61.5 Å². The van der Waals surface area contributed by atoms with E-state index in [9.17, 15) is 29.2 Å². The molecule has 58 heavy (non-hydrogen) atoms. The van der Waals surface area contributed by atoms with Crippen LogP contribution in [-0.2, 0) is 9.59 Å². The first-order chi connectivity index (χ1) is 27.9. The molecule has 300 valence electrons. The highest BCUT2D eigenvalue weighted by molar-refractivity contribution is 6.32. The Balaban J connectivity index is 0.750. The highest BCUT2D eigenvalue weighted by Crippen LogP contribution is 2.46. The van der Waals surface area contributed by atoms with Crippen LogP contribution < -0.4 is 20.0 Å². The van der Waals surface area contributed by atoms with Crippen LogP contribution >= 0.6 is 11.6 Å². The molecule has 7 heterocycles. The van der Waals surface area contributed by atoms with E-state index in [2.05, 4.69) is 33.0 Å². The van der Waals surface area contributed by atoms with Crippen molar-refractivity contribution in [3.63, 3.8) is 0 Å². The Morgan fingerprint density at radius 1 is 0.948 bits per heavy atom. The molecular formula is C42H43ClFN9O5. The number of amides is 5. The van der Waals surface area contributed by atoms with E-state index in [-0.39, 0.29) is 47.0 Å². The zero-order valence-corrected chi connectivity index (χ0v) is 32.9. The van der Waals surface area contributed by atoms with Crippen LogP contribution in [0.15, 0.2) is 48.7 Å². The Labute approximate surface area is 340 Å². The Kier molecular flexibility index (Phi) is 9.59. The van der Waals surface area contributed by atoms with E-state index in [1.54, 1.807) is 12.3 Å². The van der Waals surface area contributed by atoms with Crippen molar-refractivity contribution in [3.8, 4) is 6.07 Å². The molecule has 6 aliphatic rings. The molecule has 3 aromatic rings. The number of nitrogens with zero attached hydrogens (tertiary/aromatic N) is 8. The van der Waals surface area contributed by atoms with E-state index >= 15 is 4.39 Å². The maximum absolute atomic E-state index is 15.4. The number of rotatable bonds is 6. The Morgan fingerprint density at radius 2 is 1.67 bits per heavy atom. The van der Waals surface area contributed by atoms with Crippen molar-refractivity contribution in [1.82, 2.24) is 25.0 Å². The molecule has 5 saturated heterocycles. The Morgan fingerprint density at radius 3 is 2.33 bits per heavy atom. The number of imide groups is 2. The van der Waals surface area contributed by atoms with Crippen LogP contribution in [0.5, 0.6) is 0 Å². The minimum absolute atomic E-state index is 0.00607. The third-order valence-electron chi connectivity index (χ3n) is 13.1. The van der Waals surface area contributed by atoms with Crippen LogP contribution in [0.1, 0.15) is 75.7 Å². The van der Waals surface area contributed by atoms with Gasteiger partial charge in [-0.2, -0.15) is 5.26 Å². The summed E-state index contributed by atoms with van der Waals surface area (Å²) in [5.74, 6) is -2.39. The largest absolute Gasteiger partial charge is 0.368 e. The Hall–Kier alpha value is -5.59. The molecule has 1 N–H and O–H groups in total. The lowest BCUT2D eigenvalue weighted by Gasteiger charge is -2.48. The van der Waals surface area contributed by atoms with Crippen molar-refractivity contribution in [2.45, 2.75) is 57.2 Å². The maximum Gasteiger partial charge on any atom is 0.262 e. The molecule has 1 unspecified atom stereocenters. The standard InChI is InChI=1S/C42H43ClFN9O5/c1-25-19-42(24-52(25)28-4-2-26(20-45)32(43)16-28)8-10-50(11-9-42)36-6-3-27(21-46-36)39(56)51-22-29(23-51)48-12-14-49(15-13-48)35-18-31-30(17-33(35)44)40(57)53(41(31)58)34-5-7-37(54)47-38(34)55/h2-4,6,16-18,21,25,29,34H,5,7-15,19,22-24H2,1H3,(H,47,54,55)/t25-,34?/m0/s1. The van der Waals surface area contributed by atoms with Gasteiger partial charge < -0.3 is 19.6 Å².